The molecule has 0 bridgehead atoms. The summed E-state index contributed by atoms with van der Waals surface area (Å²) < 4.78 is 12.9. The monoisotopic (exact) mass is 329 g/mol. The Balaban J connectivity index is 2.30. The van der Waals surface area contributed by atoms with E-state index in [2.05, 4.69) is 5.32 Å². The Morgan fingerprint density at radius 3 is 2.39 bits per heavy atom. The van der Waals surface area contributed by atoms with Crippen LogP contribution in [0.1, 0.15) is 35.3 Å². The number of hydrogen-bond acceptors (Lipinski definition) is 2. The van der Waals surface area contributed by atoms with Crippen molar-refractivity contribution in [3.63, 3.8) is 0 Å². The van der Waals surface area contributed by atoms with Crippen LogP contribution in [0, 0.1) is 6.92 Å². The summed E-state index contributed by atoms with van der Waals surface area (Å²) in [6.07, 6.45) is 0.873. The summed E-state index contributed by atoms with van der Waals surface area (Å²) in [5, 5.41) is 2.52. The first kappa shape index (κ1) is 17.4. The second-order valence-corrected chi connectivity index (χ2v) is 7.04. The number of nitrogens with one attached hydrogen (secondary N) is 1. The molecule has 0 aliphatic rings. The van der Waals surface area contributed by atoms with E-state index in [4.69, 9.17) is 0 Å². The Hall–Kier alpha value is -1.94. The number of carbonyl (C=O) groups excluding carboxylic acids is 1. The Bertz CT molecular complexity index is 670. The van der Waals surface area contributed by atoms with E-state index in [1.807, 2.05) is 68.4 Å². The number of amides is 1. The van der Waals surface area contributed by atoms with E-state index >= 15 is 0 Å². The predicted octanol–water partition coefficient (Wildman–Crippen LogP) is 3.36. The van der Waals surface area contributed by atoms with Crippen LogP contribution in [0.15, 0.2) is 54.6 Å². The van der Waals surface area contributed by atoms with E-state index in [0.29, 0.717) is 6.54 Å². The summed E-state index contributed by atoms with van der Waals surface area (Å²) in [6, 6.07) is 17.7. The Labute approximate surface area is 140 Å². The van der Waals surface area contributed by atoms with Gasteiger partial charge in [-0.2, -0.15) is 0 Å². The zero-order valence-corrected chi connectivity index (χ0v) is 14.4. The zero-order valence-electron chi connectivity index (χ0n) is 13.6. The van der Waals surface area contributed by atoms with Crippen molar-refractivity contribution in [2.24, 2.45) is 0 Å². The van der Waals surface area contributed by atoms with Crippen molar-refractivity contribution < 1.29 is 9.00 Å². The highest BCUT2D eigenvalue weighted by molar-refractivity contribution is 7.86. The Morgan fingerprint density at radius 2 is 1.74 bits per heavy atom. The summed E-state index contributed by atoms with van der Waals surface area (Å²) in [5.74, 6) is -0.131. The standard InChI is InChI=1S/C19H23NO2S/c1-3-13-20-18(21)14-23(22)19(16-10-5-4-6-11-16)17-12-8-7-9-15(17)2/h4-12,19H,3,13-14H2,1-2H3,(H,20,21)/t19-,23+/m0/s1. The number of carbonyl (C=O) groups is 1. The van der Waals surface area contributed by atoms with Crippen LogP contribution < -0.4 is 5.32 Å². The van der Waals surface area contributed by atoms with E-state index in [1.54, 1.807) is 0 Å². The molecule has 122 valence electrons. The quantitative estimate of drug-likeness (QED) is 0.846. The van der Waals surface area contributed by atoms with Gasteiger partial charge in [0.2, 0.25) is 5.91 Å². The van der Waals surface area contributed by atoms with Crippen molar-refractivity contribution >= 4 is 16.7 Å². The molecule has 0 radical (unpaired) electrons. The predicted molar refractivity (Wildman–Crippen MR) is 95.8 cm³/mol. The SMILES string of the molecule is CCCNC(=O)C[S@@](=O)[C@@H](c1ccccc1)c1ccccc1C. The lowest BCUT2D eigenvalue weighted by atomic mass is 10.0. The molecule has 0 aromatic heterocycles. The van der Waals surface area contributed by atoms with Gasteiger partial charge in [0.1, 0.15) is 5.75 Å². The normalized spacial score (nSPS) is 13.3. The Morgan fingerprint density at radius 1 is 1.09 bits per heavy atom. The largest absolute Gasteiger partial charge is 0.355 e. The van der Waals surface area contributed by atoms with Crippen molar-refractivity contribution in [2.75, 3.05) is 12.3 Å². The molecular weight excluding hydrogens is 306 g/mol. The summed E-state index contributed by atoms with van der Waals surface area (Å²) in [5.41, 5.74) is 3.08. The molecule has 23 heavy (non-hydrogen) atoms. The van der Waals surface area contributed by atoms with Gasteiger partial charge in [-0.25, -0.2) is 0 Å². The van der Waals surface area contributed by atoms with E-state index in [1.165, 1.54) is 0 Å². The van der Waals surface area contributed by atoms with Gasteiger partial charge in [-0.05, 0) is 30.0 Å². The number of hydrogen-bond donors (Lipinski definition) is 1. The zero-order chi connectivity index (χ0) is 16.7. The summed E-state index contributed by atoms with van der Waals surface area (Å²) >= 11 is 0. The summed E-state index contributed by atoms with van der Waals surface area (Å²) in [7, 11) is -1.32. The lowest BCUT2D eigenvalue weighted by molar-refractivity contribution is -0.118. The van der Waals surface area contributed by atoms with Crippen LogP contribution in [0.3, 0.4) is 0 Å². The van der Waals surface area contributed by atoms with E-state index in [0.717, 1.165) is 23.1 Å². The molecule has 0 saturated carbocycles. The lowest BCUT2D eigenvalue weighted by Crippen LogP contribution is -2.30. The molecule has 2 aromatic carbocycles. The molecule has 0 saturated heterocycles. The van der Waals surface area contributed by atoms with Gasteiger partial charge in [-0.1, -0.05) is 61.5 Å². The third kappa shape index (κ3) is 4.76. The highest BCUT2D eigenvalue weighted by atomic mass is 32.2. The minimum Gasteiger partial charge on any atom is -0.355 e. The maximum atomic E-state index is 12.9. The summed E-state index contributed by atoms with van der Waals surface area (Å²) in [4.78, 5) is 12.0. The molecule has 1 amide bonds. The first-order valence-electron chi connectivity index (χ1n) is 7.87. The van der Waals surface area contributed by atoms with Gasteiger partial charge in [-0.3, -0.25) is 9.00 Å². The van der Waals surface area contributed by atoms with Crippen LogP contribution in [0.4, 0.5) is 0 Å². The van der Waals surface area contributed by atoms with Crippen molar-refractivity contribution in [2.45, 2.75) is 25.5 Å². The van der Waals surface area contributed by atoms with Gasteiger partial charge >= 0.3 is 0 Å². The average Bonchev–Trinajstić information content (AvgIpc) is 2.56. The van der Waals surface area contributed by atoms with Crippen LogP contribution >= 0.6 is 0 Å². The second kappa shape index (κ2) is 8.63. The minimum atomic E-state index is -1.32. The average molecular weight is 329 g/mol. The molecule has 2 aromatic rings. The van der Waals surface area contributed by atoms with Crippen molar-refractivity contribution in [1.29, 1.82) is 0 Å². The van der Waals surface area contributed by atoms with E-state index in [-0.39, 0.29) is 16.9 Å². The second-order valence-electron chi connectivity index (χ2n) is 5.52. The molecule has 2 atom stereocenters. The molecule has 0 fully saturated rings. The molecule has 3 nitrogen and oxygen atoms in total. The van der Waals surface area contributed by atoms with Gasteiger partial charge in [0, 0.05) is 17.3 Å². The third-order valence-corrected chi connectivity index (χ3v) is 5.28. The smallest absolute Gasteiger partial charge is 0.232 e. The first-order valence-corrected chi connectivity index (χ1v) is 9.26. The van der Waals surface area contributed by atoms with Crippen molar-refractivity contribution in [3.05, 3.63) is 71.3 Å². The van der Waals surface area contributed by atoms with Gasteiger partial charge in [-0.15, -0.1) is 0 Å². The fourth-order valence-corrected chi connectivity index (χ4v) is 4.05. The topological polar surface area (TPSA) is 46.2 Å². The minimum absolute atomic E-state index is 0.0217. The Kier molecular flexibility index (Phi) is 6.53. The molecule has 0 heterocycles. The first-order chi connectivity index (χ1) is 11.1. The summed E-state index contributed by atoms with van der Waals surface area (Å²) in [6.45, 7) is 4.63. The number of rotatable bonds is 7. The van der Waals surface area contributed by atoms with Crippen LogP contribution in [0.25, 0.3) is 0 Å². The molecule has 1 N–H and O–H groups in total. The molecule has 4 heteroatoms. The highest BCUT2D eigenvalue weighted by Gasteiger charge is 2.24. The highest BCUT2D eigenvalue weighted by Crippen LogP contribution is 2.30. The van der Waals surface area contributed by atoms with Gasteiger partial charge in [0.15, 0.2) is 0 Å². The van der Waals surface area contributed by atoms with E-state index < -0.39 is 10.8 Å². The van der Waals surface area contributed by atoms with Crippen LogP contribution in [-0.2, 0) is 15.6 Å². The van der Waals surface area contributed by atoms with Crippen LogP contribution in [0.2, 0.25) is 0 Å². The molecule has 0 spiro atoms. The van der Waals surface area contributed by atoms with E-state index in [9.17, 15) is 9.00 Å². The number of benzene rings is 2. The van der Waals surface area contributed by atoms with Gasteiger partial charge in [0.05, 0.1) is 5.25 Å². The fourth-order valence-electron chi connectivity index (χ4n) is 2.51. The molecule has 0 unspecified atom stereocenters. The number of aryl methyl sites for hydroxylation is 1. The van der Waals surface area contributed by atoms with Crippen molar-refractivity contribution in [1.82, 2.24) is 5.32 Å². The molecule has 2 rings (SSSR count). The maximum absolute atomic E-state index is 12.9. The van der Waals surface area contributed by atoms with Gasteiger partial charge in [0.25, 0.3) is 0 Å². The molecular formula is C19H23NO2S. The maximum Gasteiger partial charge on any atom is 0.232 e. The fraction of sp³-hybridized carbons (Fsp3) is 0.316. The molecule has 0 aliphatic heterocycles. The van der Waals surface area contributed by atoms with Crippen molar-refractivity contribution in [3.8, 4) is 0 Å². The van der Waals surface area contributed by atoms with Crippen LogP contribution in [0.5, 0.6) is 0 Å². The van der Waals surface area contributed by atoms with Gasteiger partial charge < -0.3 is 5.32 Å². The lowest BCUT2D eigenvalue weighted by Gasteiger charge is -2.19. The molecule has 0 aliphatic carbocycles. The third-order valence-electron chi connectivity index (χ3n) is 3.68. The van der Waals surface area contributed by atoms with Crippen LogP contribution in [-0.4, -0.2) is 22.4 Å².